The maximum absolute atomic E-state index is 12.0. The Bertz CT molecular complexity index is 493. The van der Waals surface area contributed by atoms with Gasteiger partial charge in [-0.15, -0.1) is 0 Å². The highest BCUT2D eigenvalue weighted by molar-refractivity contribution is 5.74. The predicted octanol–water partition coefficient (Wildman–Crippen LogP) is 1.71. The fourth-order valence-corrected chi connectivity index (χ4v) is 1.79. The van der Waals surface area contributed by atoms with Crippen LogP contribution in [0.1, 0.15) is 12.7 Å². The zero-order valence-corrected chi connectivity index (χ0v) is 11.1. The van der Waals surface area contributed by atoms with Crippen molar-refractivity contribution in [2.24, 2.45) is 0 Å². The molecule has 2 rings (SSSR count). The van der Waals surface area contributed by atoms with Crippen LogP contribution in [0.5, 0.6) is 0 Å². The van der Waals surface area contributed by atoms with Crippen molar-refractivity contribution in [3.63, 3.8) is 0 Å². The monoisotopic (exact) mass is 262 g/mol. The van der Waals surface area contributed by atoms with Crippen molar-refractivity contribution < 1.29 is 9.21 Å². The van der Waals surface area contributed by atoms with Crippen LogP contribution >= 0.6 is 0 Å². The van der Waals surface area contributed by atoms with Gasteiger partial charge < -0.3 is 19.2 Å². The summed E-state index contributed by atoms with van der Waals surface area (Å²) in [5.41, 5.74) is 0. The topological polar surface area (TPSA) is 63.3 Å². The van der Waals surface area contributed by atoms with Gasteiger partial charge in [0.25, 0.3) is 0 Å². The summed E-state index contributed by atoms with van der Waals surface area (Å²) in [5, 5.41) is 2.93. The Morgan fingerprint density at radius 2 is 2.47 bits per heavy atom. The molecule has 2 aromatic heterocycles. The van der Waals surface area contributed by atoms with E-state index in [4.69, 9.17) is 4.42 Å². The molecular weight excluding hydrogens is 244 g/mol. The first-order valence-electron chi connectivity index (χ1n) is 6.15. The second kappa shape index (κ2) is 6.08. The first-order valence-corrected chi connectivity index (χ1v) is 6.15. The summed E-state index contributed by atoms with van der Waals surface area (Å²) >= 11 is 0. The van der Waals surface area contributed by atoms with E-state index in [-0.39, 0.29) is 12.1 Å². The molecule has 0 radical (unpaired) electrons. The van der Waals surface area contributed by atoms with E-state index < -0.39 is 0 Å². The molecular formula is C13H18N4O2. The van der Waals surface area contributed by atoms with E-state index in [0.29, 0.717) is 13.1 Å². The van der Waals surface area contributed by atoms with Gasteiger partial charge in [0.1, 0.15) is 5.76 Å². The van der Waals surface area contributed by atoms with Crippen molar-refractivity contribution >= 4 is 6.03 Å². The van der Waals surface area contributed by atoms with Crippen LogP contribution in [-0.4, -0.2) is 33.6 Å². The second-order valence-electron chi connectivity index (χ2n) is 4.55. The molecule has 2 aromatic rings. The largest absolute Gasteiger partial charge is 0.467 e. The normalized spacial score (nSPS) is 12.1. The molecule has 6 heteroatoms. The molecule has 0 aliphatic heterocycles. The Hall–Kier alpha value is -2.24. The molecule has 1 N–H and O–H groups in total. The molecule has 2 heterocycles. The number of nitrogens with one attached hydrogen (secondary N) is 1. The van der Waals surface area contributed by atoms with E-state index in [1.54, 1.807) is 30.7 Å². The summed E-state index contributed by atoms with van der Waals surface area (Å²) in [4.78, 5) is 17.5. The standard InChI is InChI=1S/C13H18N4O2/c1-11(8-17-6-5-14-10-17)15-13(18)16(2)9-12-4-3-7-19-12/h3-7,10-11H,8-9H2,1-2H3,(H,15,18)/t11-/m0/s1. The number of hydrogen-bond donors (Lipinski definition) is 1. The summed E-state index contributed by atoms with van der Waals surface area (Å²) in [5.74, 6) is 0.764. The lowest BCUT2D eigenvalue weighted by Crippen LogP contribution is -2.43. The number of urea groups is 1. The van der Waals surface area contributed by atoms with Gasteiger partial charge in [-0.1, -0.05) is 0 Å². The van der Waals surface area contributed by atoms with Crippen LogP contribution in [0, 0.1) is 0 Å². The van der Waals surface area contributed by atoms with Gasteiger partial charge in [0, 0.05) is 32.0 Å². The molecule has 19 heavy (non-hydrogen) atoms. The SMILES string of the molecule is C[C@@H](Cn1ccnc1)NC(=O)N(C)Cc1ccco1. The maximum Gasteiger partial charge on any atom is 0.317 e. The number of rotatable bonds is 5. The highest BCUT2D eigenvalue weighted by atomic mass is 16.3. The highest BCUT2D eigenvalue weighted by Crippen LogP contribution is 2.04. The molecule has 0 aliphatic carbocycles. The van der Waals surface area contributed by atoms with E-state index in [9.17, 15) is 4.79 Å². The van der Waals surface area contributed by atoms with Crippen molar-refractivity contribution in [2.45, 2.75) is 26.1 Å². The molecule has 0 aliphatic rings. The van der Waals surface area contributed by atoms with Crippen molar-refractivity contribution in [1.82, 2.24) is 19.8 Å². The summed E-state index contributed by atoms with van der Waals surface area (Å²) in [7, 11) is 1.74. The summed E-state index contributed by atoms with van der Waals surface area (Å²) < 4.78 is 7.14. The number of imidazole rings is 1. The van der Waals surface area contributed by atoms with Gasteiger partial charge in [0.2, 0.25) is 0 Å². The Morgan fingerprint density at radius 1 is 1.63 bits per heavy atom. The maximum atomic E-state index is 12.0. The van der Waals surface area contributed by atoms with Gasteiger partial charge in [-0.2, -0.15) is 0 Å². The van der Waals surface area contributed by atoms with E-state index in [2.05, 4.69) is 10.3 Å². The van der Waals surface area contributed by atoms with Gasteiger partial charge >= 0.3 is 6.03 Å². The number of carbonyl (C=O) groups is 1. The third-order valence-corrected chi connectivity index (χ3v) is 2.73. The average molecular weight is 262 g/mol. The molecule has 0 saturated carbocycles. The van der Waals surface area contributed by atoms with Gasteiger partial charge in [-0.3, -0.25) is 0 Å². The minimum Gasteiger partial charge on any atom is -0.467 e. The minimum absolute atomic E-state index is 0.0285. The number of furan rings is 1. The van der Waals surface area contributed by atoms with Crippen LogP contribution in [0.3, 0.4) is 0 Å². The third kappa shape index (κ3) is 3.87. The molecule has 0 bridgehead atoms. The van der Waals surface area contributed by atoms with Crippen LogP contribution in [-0.2, 0) is 13.1 Å². The van der Waals surface area contributed by atoms with Crippen LogP contribution in [0.4, 0.5) is 4.79 Å². The molecule has 0 saturated heterocycles. The quantitative estimate of drug-likeness (QED) is 0.892. The lowest BCUT2D eigenvalue weighted by molar-refractivity contribution is 0.198. The molecule has 6 nitrogen and oxygen atoms in total. The van der Waals surface area contributed by atoms with E-state index in [1.165, 1.54) is 0 Å². The molecule has 0 aromatic carbocycles. The van der Waals surface area contributed by atoms with E-state index in [0.717, 1.165) is 5.76 Å². The van der Waals surface area contributed by atoms with Gasteiger partial charge in [-0.25, -0.2) is 9.78 Å². The van der Waals surface area contributed by atoms with Crippen LogP contribution in [0.15, 0.2) is 41.5 Å². The first kappa shape index (κ1) is 13.2. The smallest absolute Gasteiger partial charge is 0.317 e. The van der Waals surface area contributed by atoms with Crippen LogP contribution in [0.25, 0.3) is 0 Å². The summed E-state index contributed by atoms with van der Waals surface area (Å²) in [6, 6.07) is 3.56. The lowest BCUT2D eigenvalue weighted by atomic mass is 10.3. The fraction of sp³-hybridized carbons (Fsp3) is 0.385. The molecule has 2 amide bonds. The predicted molar refractivity (Wildman–Crippen MR) is 70.4 cm³/mol. The minimum atomic E-state index is -0.121. The molecule has 0 fully saturated rings. The van der Waals surface area contributed by atoms with Crippen LogP contribution in [0.2, 0.25) is 0 Å². The first-order chi connectivity index (χ1) is 9.15. The van der Waals surface area contributed by atoms with E-state index >= 15 is 0 Å². The number of carbonyl (C=O) groups excluding carboxylic acids is 1. The van der Waals surface area contributed by atoms with Crippen LogP contribution < -0.4 is 5.32 Å². The van der Waals surface area contributed by atoms with Crippen molar-refractivity contribution in [1.29, 1.82) is 0 Å². The molecule has 1 atom stereocenters. The van der Waals surface area contributed by atoms with Crippen molar-refractivity contribution in [3.05, 3.63) is 42.9 Å². The number of nitrogens with zero attached hydrogens (tertiary/aromatic N) is 3. The Balaban J connectivity index is 1.79. The lowest BCUT2D eigenvalue weighted by Gasteiger charge is -2.20. The van der Waals surface area contributed by atoms with Gasteiger partial charge in [-0.05, 0) is 19.1 Å². The Morgan fingerprint density at radius 3 is 3.11 bits per heavy atom. The molecule has 0 unspecified atom stereocenters. The highest BCUT2D eigenvalue weighted by Gasteiger charge is 2.13. The van der Waals surface area contributed by atoms with Crippen molar-refractivity contribution in [2.75, 3.05) is 7.05 Å². The molecule has 102 valence electrons. The third-order valence-electron chi connectivity index (χ3n) is 2.73. The molecule has 0 spiro atoms. The zero-order chi connectivity index (χ0) is 13.7. The number of amides is 2. The summed E-state index contributed by atoms with van der Waals surface area (Å²) in [6.45, 7) is 3.11. The Labute approximate surface area is 112 Å². The zero-order valence-electron chi connectivity index (χ0n) is 11.1. The number of hydrogen-bond acceptors (Lipinski definition) is 3. The fourth-order valence-electron chi connectivity index (χ4n) is 1.79. The van der Waals surface area contributed by atoms with Gasteiger partial charge in [0.05, 0.1) is 19.1 Å². The second-order valence-corrected chi connectivity index (χ2v) is 4.55. The van der Waals surface area contributed by atoms with Crippen molar-refractivity contribution in [3.8, 4) is 0 Å². The summed E-state index contributed by atoms with van der Waals surface area (Å²) in [6.07, 6.45) is 6.92. The average Bonchev–Trinajstić information content (AvgIpc) is 3.01. The van der Waals surface area contributed by atoms with E-state index in [1.807, 2.05) is 29.8 Å². The van der Waals surface area contributed by atoms with Gasteiger partial charge in [0.15, 0.2) is 0 Å². The number of aromatic nitrogens is 2. The Kier molecular flexibility index (Phi) is 4.22.